The van der Waals surface area contributed by atoms with Gasteiger partial charge < -0.3 is 4.74 Å². The topological polar surface area (TPSA) is 9.23 Å². The van der Waals surface area contributed by atoms with Crippen molar-refractivity contribution in [3.05, 3.63) is 24.3 Å². The summed E-state index contributed by atoms with van der Waals surface area (Å²) in [7, 11) is 0. The molecule has 0 radical (unpaired) electrons. The highest BCUT2D eigenvalue weighted by Crippen LogP contribution is 2.31. The second-order valence-corrected chi connectivity index (χ2v) is 4.81. The second kappa shape index (κ2) is 4.79. The zero-order chi connectivity index (χ0) is 10.6. The van der Waals surface area contributed by atoms with E-state index in [2.05, 4.69) is 52.0 Å². The Balaban J connectivity index is 2.63. The molecule has 0 aromatic carbocycles. The molecular formula is C13H22O. The Morgan fingerprint density at radius 3 is 2.36 bits per heavy atom. The smallest absolute Gasteiger partial charge is 0.0922 e. The zero-order valence-corrected chi connectivity index (χ0v) is 9.79. The van der Waals surface area contributed by atoms with Crippen LogP contribution < -0.4 is 0 Å². The van der Waals surface area contributed by atoms with Gasteiger partial charge in [-0.1, -0.05) is 52.0 Å². The first-order chi connectivity index (χ1) is 6.57. The summed E-state index contributed by atoms with van der Waals surface area (Å²) in [6.45, 7) is 9.68. The third kappa shape index (κ3) is 2.71. The lowest BCUT2D eigenvalue weighted by Crippen LogP contribution is -2.37. The molecule has 1 unspecified atom stereocenters. The highest BCUT2D eigenvalue weighted by molar-refractivity contribution is 5.19. The highest BCUT2D eigenvalue weighted by atomic mass is 16.5. The standard InChI is InChI=1S/C13H22O/c1-11(2)10-14-13(12(3)4)8-6-5-7-9-13/h5-8,11-12H,9-10H2,1-4H3. The van der Waals surface area contributed by atoms with Gasteiger partial charge in [0.25, 0.3) is 0 Å². The van der Waals surface area contributed by atoms with Crippen molar-refractivity contribution < 1.29 is 4.74 Å². The molecule has 1 nitrogen and oxygen atoms in total. The van der Waals surface area contributed by atoms with Crippen LogP contribution in [0.25, 0.3) is 0 Å². The molecule has 0 spiro atoms. The van der Waals surface area contributed by atoms with Gasteiger partial charge in [-0.25, -0.2) is 0 Å². The first-order valence-corrected chi connectivity index (χ1v) is 5.55. The highest BCUT2D eigenvalue weighted by Gasteiger charge is 2.31. The molecule has 1 rings (SSSR count). The first kappa shape index (κ1) is 11.5. The molecule has 0 heterocycles. The molecule has 1 aliphatic carbocycles. The Hall–Kier alpha value is -0.560. The summed E-state index contributed by atoms with van der Waals surface area (Å²) in [5.74, 6) is 1.13. The van der Waals surface area contributed by atoms with Crippen LogP contribution in [0.3, 0.4) is 0 Å². The van der Waals surface area contributed by atoms with Gasteiger partial charge >= 0.3 is 0 Å². The van der Waals surface area contributed by atoms with E-state index in [1.807, 2.05) is 0 Å². The summed E-state index contributed by atoms with van der Waals surface area (Å²) < 4.78 is 6.06. The number of allylic oxidation sites excluding steroid dienone is 2. The van der Waals surface area contributed by atoms with Crippen LogP contribution in [0.2, 0.25) is 0 Å². The van der Waals surface area contributed by atoms with Gasteiger partial charge in [0.15, 0.2) is 0 Å². The fourth-order valence-corrected chi connectivity index (χ4v) is 1.64. The van der Waals surface area contributed by atoms with Gasteiger partial charge in [-0.3, -0.25) is 0 Å². The normalized spacial score (nSPS) is 26.4. The Bertz CT molecular complexity index is 225. The van der Waals surface area contributed by atoms with Crippen LogP contribution >= 0.6 is 0 Å². The van der Waals surface area contributed by atoms with Crippen molar-refractivity contribution in [3.63, 3.8) is 0 Å². The van der Waals surface area contributed by atoms with Gasteiger partial charge in [0.2, 0.25) is 0 Å². The predicted octanol–water partition coefficient (Wildman–Crippen LogP) is 3.57. The van der Waals surface area contributed by atoms with Gasteiger partial charge in [-0.15, -0.1) is 0 Å². The largest absolute Gasteiger partial charge is 0.370 e. The Kier molecular flexibility index (Phi) is 3.94. The second-order valence-electron chi connectivity index (χ2n) is 4.81. The lowest BCUT2D eigenvalue weighted by Gasteiger charge is -2.36. The average Bonchev–Trinajstić information content (AvgIpc) is 2.16. The third-order valence-corrected chi connectivity index (χ3v) is 2.73. The molecule has 0 aliphatic heterocycles. The van der Waals surface area contributed by atoms with Gasteiger partial charge in [0.05, 0.1) is 12.2 Å². The lowest BCUT2D eigenvalue weighted by molar-refractivity contribution is -0.0511. The summed E-state index contributed by atoms with van der Waals surface area (Å²) >= 11 is 0. The quantitative estimate of drug-likeness (QED) is 0.664. The van der Waals surface area contributed by atoms with Crippen molar-refractivity contribution in [3.8, 4) is 0 Å². The van der Waals surface area contributed by atoms with E-state index in [9.17, 15) is 0 Å². The summed E-state index contributed by atoms with van der Waals surface area (Å²) in [6.07, 6.45) is 9.61. The molecule has 1 atom stereocenters. The van der Waals surface area contributed by atoms with Gasteiger partial charge in [0.1, 0.15) is 0 Å². The van der Waals surface area contributed by atoms with E-state index in [0.29, 0.717) is 11.8 Å². The molecule has 1 heteroatoms. The van der Waals surface area contributed by atoms with E-state index in [4.69, 9.17) is 4.74 Å². The molecule has 0 aromatic rings. The summed E-state index contributed by atoms with van der Waals surface area (Å²) in [6, 6.07) is 0. The molecule has 0 fully saturated rings. The minimum atomic E-state index is -0.0565. The maximum absolute atomic E-state index is 6.06. The van der Waals surface area contributed by atoms with Gasteiger partial charge in [-0.05, 0) is 18.3 Å². The van der Waals surface area contributed by atoms with E-state index < -0.39 is 0 Å². The summed E-state index contributed by atoms with van der Waals surface area (Å²) in [4.78, 5) is 0. The maximum Gasteiger partial charge on any atom is 0.0922 e. The number of ether oxygens (including phenoxy) is 1. The molecule has 0 amide bonds. The molecule has 14 heavy (non-hydrogen) atoms. The SMILES string of the molecule is CC(C)COC1(C(C)C)C=CC=CC1. The fraction of sp³-hybridized carbons (Fsp3) is 0.692. The molecule has 0 bridgehead atoms. The van der Waals surface area contributed by atoms with Crippen molar-refractivity contribution in [1.29, 1.82) is 0 Å². The number of hydrogen-bond donors (Lipinski definition) is 0. The van der Waals surface area contributed by atoms with Crippen molar-refractivity contribution in [2.45, 2.75) is 39.7 Å². The van der Waals surface area contributed by atoms with E-state index >= 15 is 0 Å². The first-order valence-electron chi connectivity index (χ1n) is 5.55. The molecular weight excluding hydrogens is 172 g/mol. The molecule has 80 valence electrons. The molecule has 0 aromatic heterocycles. The van der Waals surface area contributed by atoms with Crippen molar-refractivity contribution in [2.75, 3.05) is 6.61 Å². The molecule has 1 aliphatic rings. The van der Waals surface area contributed by atoms with Gasteiger partial charge in [-0.2, -0.15) is 0 Å². The van der Waals surface area contributed by atoms with Crippen molar-refractivity contribution in [1.82, 2.24) is 0 Å². The molecule has 0 saturated heterocycles. The monoisotopic (exact) mass is 194 g/mol. The van der Waals surface area contributed by atoms with Gasteiger partial charge in [0, 0.05) is 0 Å². The van der Waals surface area contributed by atoms with Crippen LogP contribution in [-0.2, 0) is 4.74 Å². The van der Waals surface area contributed by atoms with Crippen molar-refractivity contribution >= 4 is 0 Å². The Labute approximate surface area is 87.8 Å². The van der Waals surface area contributed by atoms with Crippen LogP contribution in [-0.4, -0.2) is 12.2 Å². The van der Waals surface area contributed by atoms with E-state index in [0.717, 1.165) is 13.0 Å². The molecule has 0 saturated carbocycles. The minimum absolute atomic E-state index is 0.0565. The third-order valence-electron chi connectivity index (χ3n) is 2.73. The zero-order valence-electron chi connectivity index (χ0n) is 9.79. The van der Waals surface area contributed by atoms with Crippen LogP contribution in [0, 0.1) is 11.8 Å². The van der Waals surface area contributed by atoms with Crippen LogP contribution in [0.5, 0.6) is 0 Å². The van der Waals surface area contributed by atoms with E-state index in [1.54, 1.807) is 0 Å². The fourth-order valence-electron chi connectivity index (χ4n) is 1.64. The summed E-state index contributed by atoms with van der Waals surface area (Å²) in [5.41, 5.74) is -0.0565. The lowest BCUT2D eigenvalue weighted by atomic mass is 9.84. The summed E-state index contributed by atoms with van der Waals surface area (Å²) in [5, 5.41) is 0. The minimum Gasteiger partial charge on any atom is -0.370 e. The maximum atomic E-state index is 6.06. The Morgan fingerprint density at radius 1 is 1.21 bits per heavy atom. The van der Waals surface area contributed by atoms with Crippen LogP contribution in [0.1, 0.15) is 34.1 Å². The Morgan fingerprint density at radius 2 is 1.93 bits per heavy atom. The predicted molar refractivity (Wildman–Crippen MR) is 61.3 cm³/mol. The van der Waals surface area contributed by atoms with Crippen LogP contribution in [0.15, 0.2) is 24.3 Å². The van der Waals surface area contributed by atoms with E-state index in [-0.39, 0.29) is 5.60 Å². The number of hydrogen-bond acceptors (Lipinski definition) is 1. The average molecular weight is 194 g/mol. The van der Waals surface area contributed by atoms with Crippen molar-refractivity contribution in [2.24, 2.45) is 11.8 Å². The van der Waals surface area contributed by atoms with Crippen LogP contribution in [0.4, 0.5) is 0 Å². The number of rotatable bonds is 4. The van der Waals surface area contributed by atoms with E-state index in [1.165, 1.54) is 0 Å². The molecule has 0 N–H and O–H groups in total.